The van der Waals surface area contributed by atoms with Gasteiger partial charge in [-0.2, -0.15) is 10.1 Å². The van der Waals surface area contributed by atoms with Gasteiger partial charge in [0, 0.05) is 12.4 Å². The number of para-hydroxylation sites is 1. The Balaban J connectivity index is 1.75. The number of nitrogens with one attached hydrogen (secondary N) is 1. The van der Waals surface area contributed by atoms with Gasteiger partial charge in [0.05, 0.1) is 49.7 Å². The molecule has 2 aromatic heterocycles. The van der Waals surface area contributed by atoms with Gasteiger partial charge in [-0.25, -0.2) is 18.9 Å². The Morgan fingerprint density at radius 2 is 1.62 bits per heavy atom. The zero-order valence-electron chi connectivity index (χ0n) is 30.9. The summed E-state index contributed by atoms with van der Waals surface area (Å²) in [6, 6.07) is 6.60. The minimum atomic E-state index is -4.65. The third-order valence-electron chi connectivity index (χ3n) is 7.50. The Kier molecular flexibility index (Phi) is 13.5. The van der Waals surface area contributed by atoms with E-state index >= 15 is 4.39 Å². The van der Waals surface area contributed by atoms with Crippen LogP contribution >= 0.6 is 7.75 Å². The number of esters is 3. The van der Waals surface area contributed by atoms with Crippen molar-refractivity contribution in [2.75, 3.05) is 20.8 Å². The highest BCUT2D eigenvalue weighted by Gasteiger charge is 2.62. The first-order valence-corrected chi connectivity index (χ1v) is 18.3. The maximum atomic E-state index is 17.5. The Hall–Kier alpha value is -4.64. The summed E-state index contributed by atoms with van der Waals surface area (Å²) in [5.41, 5.74) is 0.575. The van der Waals surface area contributed by atoms with Crippen LogP contribution in [0.3, 0.4) is 0 Å². The lowest BCUT2D eigenvalue weighted by Crippen LogP contribution is -2.48. The van der Waals surface area contributed by atoms with Gasteiger partial charge in [0.15, 0.2) is 12.3 Å². The molecule has 1 fully saturated rings. The number of carbonyl (C=O) groups is 3. The number of alkyl halides is 1. The second-order valence-electron chi connectivity index (χ2n) is 12.9. The van der Waals surface area contributed by atoms with Crippen LogP contribution in [0.4, 0.5) is 4.39 Å². The van der Waals surface area contributed by atoms with E-state index in [1.807, 2.05) is 0 Å². The molecule has 53 heavy (non-hydrogen) atoms. The van der Waals surface area contributed by atoms with Gasteiger partial charge in [-0.15, -0.1) is 0 Å². The quantitative estimate of drug-likeness (QED) is 0.111. The number of carbonyl (C=O) groups excluding carboxylic acids is 3. The van der Waals surface area contributed by atoms with E-state index < -0.39 is 80.5 Å². The van der Waals surface area contributed by atoms with E-state index in [-0.39, 0.29) is 23.3 Å². The monoisotopic (exact) mass is 765 g/mol. The van der Waals surface area contributed by atoms with E-state index in [4.69, 9.17) is 37.5 Å². The largest absolute Gasteiger partial charge is 0.480 e. The highest BCUT2D eigenvalue weighted by atomic mass is 31.2. The van der Waals surface area contributed by atoms with Gasteiger partial charge in [-0.1, -0.05) is 45.9 Å². The number of rotatable bonds is 17. The molecule has 1 aliphatic heterocycles. The molecule has 1 saturated heterocycles. The molecule has 1 aliphatic rings. The van der Waals surface area contributed by atoms with Crippen molar-refractivity contribution in [3.63, 3.8) is 0 Å². The number of nitrogens with zero attached hydrogens (tertiary/aromatic N) is 4. The van der Waals surface area contributed by atoms with E-state index in [0.717, 1.165) is 0 Å². The first kappa shape index (κ1) is 41.1. The van der Waals surface area contributed by atoms with Gasteiger partial charge in [0.25, 0.3) is 5.85 Å². The van der Waals surface area contributed by atoms with Crippen molar-refractivity contribution in [1.82, 2.24) is 24.6 Å². The molecule has 0 saturated carbocycles. The molecule has 4 rings (SSSR count). The average Bonchev–Trinajstić information content (AvgIpc) is 3.70. The molecule has 1 aromatic carbocycles. The van der Waals surface area contributed by atoms with Crippen LogP contribution in [0.1, 0.15) is 54.7 Å². The predicted molar refractivity (Wildman–Crippen MR) is 184 cm³/mol. The minimum absolute atomic E-state index is 0.0380. The van der Waals surface area contributed by atoms with Crippen LogP contribution in [0, 0.1) is 11.8 Å². The van der Waals surface area contributed by atoms with Gasteiger partial charge in [-0.05, 0) is 32.9 Å². The summed E-state index contributed by atoms with van der Waals surface area (Å²) in [7, 11) is -1.88. The summed E-state index contributed by atoms with van der Waals surface area (Å²) < 4.78 is 77.3. The van der Waals surface area contributed by atoms with Crippen LogP contribution in [-0.2, 0) is 42.4 Å². The molecule has 0 bridgehead atoms. The molecule has 1 N–H and O–H groups in total. The van der Waals surface area contributed by atoms with Crippen LogP contribution in [0.15, 0.2) is 49.1 Å². The fourth-order valence-electron chi connectivity index (χ4n) is 4.79. The van der Waals surface area contributed by atoms with Crippen LogP contribution in [0.5, 0.6) is 17.6 Å². The lowest BCUT2D eigenvalue weighted by atomic mass is 10.1. The van der Waals surface area contributed by atoms with Gasteiger partial charge < -0.3 is 37.5 Å². The average molecular weight is 766 g/mol. The van der Waals surface area contributed by atoms with Gasteiger partial charge >= 0.3 is 31.7 Å². The first-order chi connectivity index (χ1) is 25.0. The lowest BCUT2D eigenvalue weighted by Gasteiger charge is -2.30. The topological polar surface area (TPSA) is 198 Å². The molecule has 19 heteroatoms. The Morgan fingerprint density at radius 1 is 0.962 bits per heavy atom. The molecule has 6 atom stereocenters. The summed E-state index contributed by atoms with van der Waals surface area (Å²) in [4.78, 5) is 51.4. The summed E-state index contributed by atoms with van der Waals surface area (Å²) in [5, 5.41) is 2.48. The maximum absolute atomic E-state index is 17.5. The zero-order valence-corrected chi connectivity index (χ0v) is 31.8. The molecule has 0 amide bonds. The summed E-state index contributed by atoms with van der Waals surface area (Å²) in [5.74, 6) is -6.80. The number of aromatic nitrogens is 4. The number of ether oxygens (including phenoxy) is 6. The van der Waals surface area contributed by atoms with Crippen molar-refractivity contribution >= 4 is 25.7 Å². The second kappa shape index (κ2) is 17.5. The molecule has 290 valence electrons. The molecule has 3 aromatic rings. The molecule has 0 spiro atoms. The predicted octanol–water partition coefficient (Wildman–Crippen LogP) is 4.82. The summed E-state index contributed by atoms with van der Waals surface area (Å²) in [6.45, 7) is 9.59. The molecule has 3 heterocycles. The number of imidazole rings is 1. The highest BCUT2D eigenvalue weighted by molar-refractivity contribution is 7.52. The minimum Gasteiger partial charge on any atom is -0.480 e. The molecule has 17 nitrogen and oxygen atoms in total. The Bertz CT molecular complexity index is 1780. The fourth-order valence-corrected chi connectivity index (χ4v) is 6.29. The highest BCUT2D eigenvalue weighted by Crippen LogP contribution is 2.49. The van der Waals surface area contributed by atoms with E-state index in [0.29, 0.717) is 5.56 Å². The van der Waals surface area contributed by atoms with Crippen LogP contribution in [-0.4, -0.2) is 88.5 Å². The molecular formula is C34H45FN5O12P. The van der Waals surface area contributed by atoms with E-state index in [2.05, 4.69) is 20.0 Å². The van der Waals surface area contributed by atoms with Crippen molar-refractivity contribution in [1.29, 1.82) is 0 Å². The van der Waals surface area contributed by atoms with Crippen LogP contribution < -0.4 is 19.1 Å². The maximum Gasteiger partial charge on any atom is 0.459 e. The zero-order chi connectivity index (χ0) is 39.1. The van der Waals surface area contributed by atoms with Gasteiger partial charge in [-0.3, -0.25) is 18.9 Å². The van der Waals surface area contributed by atoms with Crippen molar-refractivity contribution in [2.45, 2.75) is 84.9 Å². The Labute approximate surface area is 306 Å². The van der Waals surface area contributed by atoms with Crippen LogP contribution in [0.2, 0.25) is 0 Å². The summed E-state index contributed by atoms with van der Waals surface area (Å²) >= 11 is 0. The molecular weight excluding hydrogens is 720 g/mol. The standard InChI is InChI=1S/C34H45FN5O12P/c1-19(2)30(41)49-26-27(50-31(42)20(3)4)34(35,51-29(26)40-16-25(37-18-40)24-15-36-33(46-9)38-28(24)45-8)17-47-53(44,52-23-13-11-10-12-14-23)39-22(7)32(43)48-21(5)6/h10-16,18-22,26-27,29H,17H2,1-9H3,(H,39,44)/t22-,26-,27?,29+,34+,53-/m0/s1. The van der Waals surface area contributed by atoms with Crippen molar-refractivity contribution in [2.24, 2.45) is 11.8 Å². The van der Waals surface area contributed by atoms with E-state index in [1.165, 1.54) is 70.4 Å². The van der Waals surface area contributed by atoms with Gasteiger partial charge in [0.2, 0.25) is 12.0 Å². The number of methoxy groups -OCH3 is 2. The molecule has 1 unspecified atom stereocenters. The fraction of sp³-hybridized carbons (Fsp3) is 0.529. The number of hydrogen-bond donors (Lipinski definition) is 1. The third-order valence-corrected chi connectivity index (χ3v) is 9.12. The SMILES string of the molecule is COc1ncc(-c2cn([C@@H]3O[C@](F)(CO[P@@](=O)(N[C@@H](C)C(=O)OC(C)C)Oc4ccccc4)C(OC(=O)C(C)C)[C@@H]3OC(=O)C(C)C)cn2)c(OC)n1. The number of benzene rings is 1. The smallest absolute Gasteiger partial charge is 0.459 e. The number of hydrogen-bond acceptors (Lipinski definition) is 15. The second-order valence-corrected chi connectivity index (χ2v) is 14.6. The first-order valence-electron chi connectivity index (χ1n) is 16.7. The third kappa shape index (κ3) is 10.3. The van der Waals surface area contributed by atoms with E-state index in [9.17, 15) is 18.9 Å². The normalized spacial score (nSPS) is 21.6. The van der Waals surface area contributed by atoms with E-state index in [1.54, 1.807) is 45.9 Å². The van der Waals surface area contributed by atoms with Crippen molar-refractivity contribution in [3.8, 4) is 28.9 Å². The van der Waals surface area contributed by atoms with Crippen LogP contribution in [0.25, 0.3) is 11.3 Å². The lowest BCUT2D eigenvalue weighted by molar-refractivity contribution is -0.216. The van der Waals surface area contributed by atoms with Gasteiger partial charge in [0.1, 0.15) is 18.4 Å². The van der Waals surface area contributed by atoms with Crippen molar-refractivity contribution < 1.29 is 60.8 Å². The Morgan fingerprint density at radius 3 is 2.23 bits per heavy atom. The molecule has 0 aliphatic carbocycles. The summed E-state index contributed by atoms with van der Waals surface area (Å²) in [6.07, 6.45) is -1.52. The number of halogens is 1. The molecule has 0 radical (unpaired) electrons. The van der Waals surface area contributed by atoms with Crippen molar-refractivity contribution in [3.05, 3.63) is 49.1 Å².